The molecule has 0 N–H and O–H groups in total. The normalized spacial score (nSPS) is 11.6. The highest BCUT2D eigenvalue weighted by atomic mass is 32.1. The van der Waals surface area contributed by atoms with Crippen LogP contribution in [0.1, 0.15) is 0 Å². The number of furan rings is 1. The molecule has 234 valence electrons. The van der Waals surface area contributed by atoms with Gasteiger partial charge in [-0.05, 0) is 34.9 Å². The molecule has 0 saturated heterocycles. The highest BCUT2D eigenvalue weighted by Gasteiger charge is 2.20. The summed E-state index contributed by atoms with van der Waals surface area (Å²) in [7, 11) is 0. The summed E-state index contributed by atoms with van der Waals surface area (Å²) in [6.07, 6.45) is 0. The Bertz CT molecular complexity index is 2800. The molecule has 7 aromatic carbocycles. The Morgan fingerprint density at radius 2 is 0.980 bits per heavy atom. The van der Waals surface area contributed by atoms with Crippen molar-refractivity contribution in [3.8, 4) is 56.4 Å². The zero-order valence-electron chi connectivity index (χ0n) is 26.7. The number of hydrogen-bond donors (Lipinski definition) is 0. The van der Waals surface area contributed by atoms with Crippen LogP contribution < -0.4 is 0 Å². The standard InChI is InChI=1S/C45H27N3OS/c1-4-13-28(14-5-1)32-25-26-34(40-37-19-10-11-22-39(37)50-42(32)40)36-21-12-20-35-33-24-23-31(27-38(33)49-41(35)36)45-47-43(29-15-6-2-7-16-29)46-44(48-45)30-17-8-3-9-18-30/h1-27H. The molecule has 0 aliphatic heterocycles. The van der Waals surface area contributed by atoms with Crippen molar-refractivity contribution in [1.82, 2.24) is 15.0 Å². The average Bonchev–Trinajstić information content (AvgIpc) is 3.77. The van der Waals surface area contributed by atoms with Gasteiger partial charge in [0.05, 0.1) is 0 Å². The molecule has 0 saturated carbocycles. The molecule has 3 aromatic heterocycles. The molecule has 50 heavy (non-hydrogen) atoms. The molecule has 0 unspecified atom stereocenters. The van der Waals surface area contributed by atoms with Crippen molar-refractivity contribution in [2.75, 3.05) is 0 Å². The second-order valence-corrected chi connectivity index (χ2v) is 13.4. The van der Waals surface area contributed by atoms with Gasteiger partial charge in [0.2, 0.25) is 0 Å². The molecular weight excluding hydrogens is 631 g/mol. The van der Waals surface area contributed by atoms with Crippen molar-refractivity contribution in [2.45, 2.75) is 0 Å². The van der Waals surface area contributed by atoms with E-state index in [0.717, 1.165) is 44.2 Å². The molecule has 10 rings (SSSR count). The van der Waals surface area contributed by atoms with E-state index < -0.39 is 0 Å². The monoisotopic (exact) mass is 657 g/mol. The van der Waals surface area contributed by atoms with Crippen molar-refractivity contribution in [3.63, 3.8) is 0 Å². The maximum Gasteiger partial charge on any atom is 0.164 e. The summed E-state index contributed by atoms with van der Waals surface area (Å²) in [5, 5.41) is 4.65. The van der Waals surface area contributed by atoms with E-state index in [1.54, 1.807) is 0 Å². The van der Waals surface area contributed by atoms with Gasteiger partial charge in [0, 0.05) is 53.2 Å². The van der Waals surface area contributed by atoms with Gasteiger partial charge < -0.3 is 4.42 Å². The average molecular weight is 658 g/mol. The van der Waals surface area contributed by atoms with Crippen LogP contribution in [0.3, 0.4) is 0 Å². The molecule has 0 radical (unpaired) electrons. The molecule has 0 spiro atoms. The summed E-state index contributed by atoms with van der Waals surface area (Å²) in [6, 6.07) is 56.7. The number of rotatable bonds is 5. The Hall–Kier alpha value is -6.43. The first kappa shape index (κ1) is 28.6. The minimum atomic E-state index is 0.600. The Balaban J connectivity index is 1.16. The van der Waals surface area contributed by atoms with Gasteiger partial charge in [-0.2, -0.15) is 0 Å². The largest absolute Gasteiger partial charge is 0.455 e. The van der Waals surface area contributed by atoms with Crippen molar-refractivity contribution < 1.29 is 4.42 Å². The number of fused-ring (bicyclic) bond motifs is 6. The van der Waals surface area contributed by atoms with E-state index in [0.29, 0.717) is 17.5 Å². The molecule has 0 atom stereocenters. The first-order chi connectivity index (χ1) is 24.8. The summed E-state index contributed by atoms with van der Waals surface area (Å²) < 4.78 is 9.37. The lowest BCUT2D eigenvalue weighted by Gasteiger charge is -2.10. The quantitative estimate of drug-likeness (QED) is 0.185. The Morgan fingerprint density at radius 1 is 0.400 bits per heavy atom. The van der Waals surface area contributed by atoms with Crippen LogP contribution in [-0.4, -0.2) is 15.0 Å². The first-order valence-electron chi connectivity index (χ1n) is 16.6. The number of para-hydroxylation sites is 1. The van der Waals surface area contributed by atoms with Crippen LogP contribution in [0, 0.1) is 0 Å². The van der Waals surface area contributed by atoms with Crippen LogP contribution in [-0.2, 0) is 0 Å². The Kier molecular flexibility index (Phi) is 6.64. The lowest BCUT2D eigenvalue weighted by Crippen LogP contribution is -2.00. The van der Waals surface area contributed by atoms with Crippen molar-refractivity contribution in [2.24, 2.45) is 0 Å². The summed E-state index contributed by atoms with van der Waals surface area (Å²) in [4.78, 5) is 14.8. The van der Waals surface area contributed by atoms with E-state index in [2.05, 4.69) is 103 Å². The highest BCUT2D eigenvalue weighted by molar-refractivity contribution is 7.26. The molecule has 3 heterocycles. The summed E-state index contributed by atoms with van der Waals surface area (Å²) in [6.45, 7) is 0. The molecule has 5 heteroatoms. The fourth-order valence-corrected chi connectivity index (χ4v) is 8.25. The Morgan fingerprint density at radius 3 is 1.68 bits per heavy atom. The van der Waals surface area contributed by atoms with Gasteiger partial charge in [-0.1, -0.05) is 146 Å². The van der Waals surface area contributed by atoms with Crippen molar-refractivity contribution >= 4 is 53.4 Å². The number of hydrogen-bond acceptors (Lipinski definition) is 5. The lowest BCUT2D eigenvalue weighted by molar-refractivity contribution is 0.670. The van der Waals surface area contributed by atoms with E-state index in [4.69, 9.17) is 19.4 Å². The van der Waals surface area contributed by atoms with Gasteiger partial charge in [-0.3, -0.25) is 0 Å². The molecule has 0 aliphatic rings. The fourth-order valence-electron chi connectivity index (χ4n) is 6.98. The van der Waals surface area contributed by atoms with Crippen molar-refractivity contribution in [1.29, 1.82) is 0 Å². The molecule has 0 bridgehead atoms. The maximum absolute atomic E-state index is 6.81. The molecular formula is C45H27N3OS. The van der Waals surface area contributed by atoms with Crippen LogP contribution in [0.2, 0.25) is 0 Å². The smallest absolute Gasteiger partial charge is 0.164 e. The van der Waals surface area contributed by atoms with Gasteiger partial charge in [0.25, 0.3) is 0 Å². The first-order valence-corrected chi connectivity index (χ1v) is 17.4. The van der Waals surface area contributed by atoms with E-state index >= 15 is 0 Å². The van der Waals surface area contributed by atoms with Crippen LogP contribution in [0.5, 0.6) is 0 Å². The summed E-state index contributed by atoms with van der Waals surface area (Å²) in [5.41, 5.74) is 9.11. The minimum Gasteiger partial charge on any atom is -0.455 e. The van der Waals surface area contributed by atoms with E-state index in [1.165, 1.54) is 36.9 Å². The van der Waals surface area contributed by atoms with E-state index in [-0.39, 0.29) is 0 Å². The van der Waals surface area contributed by atoms with Gasteiger partial charge in [-0.25, -0.2) is 15.0 Å². The van der Waals surface area contributed by atoms with Gasteiger partial charge in [0.15, 0.2) is 17.5 Å². The van der Waals surface area contributed by atoms with E-state index in [9.17, 15) is 0 Å². The topological polar surface area (TPSA) is 51.8 Å². The molecule has 10 aromatic rings. The van der Waals surface area contributed by atoms with Crippen LogP contribution in [0.25, 0.3) is 98.5 Å². The van der Waals surface area contributed by atoms with Crippen LogP contribution in [0.4, 0.5) is 0 Å². The predicted octanol–water partition coefficient (Wildman–Crippen LogP) is 12.5. The lowest BCUT2D eigenvalue weighted by atomic mass is 9.94. The van der Waals surface area contributed by atoms with Crippen molar-refractivity contribution in [3.05, 3.63) is 164 Å². The highest BCUT2D eigenvalue weighted by Crippen LogP contribution is 2.47. The third-order valence-electron chi connectivity index (χ3n) is 9.36. The van der Waals surface area contributed by atoms with Crippen LogP contribution >= 0.6 is 11.3 Å². The molecule has 4 nitrogen and oxygen atoms in total. The van der Waals surface area contributed by atoms with Gasteiger partial charge >= 0.3 is 0 Å². The number of benzene rings is 7. The molecule has 0 fully saturated rings. The number of nitrogens with zero attached hydrogens (tertiary/aromatic N) is 3. The fraction of sp³-hybridized carbons (Fsp3) is 0. The minimum absolute atomic E-state index is 0.600. The number of aromatic nitrogens is 3. The summed E-state index contributed by atoms with van der Waals surface area (Å²) in [5.74, 6) is 1.86. The number of thiophene rings is 1. The molecule has 0 aliphatic carbocycles. The SMILES string of the molecule is c1ccc(-c2nc(-c3ccccc3)nc(-c3ccc4c(c3)oc3c(-c5ccc(-c6ccccc6)c6sc7ccccc7c56)cccc34)n2)cc1. The molecule has 0 amide bonds. The third-order valence-corrected chi connectivity index (χ3v) is 10.6. The van der Waals surface area contributed by atoms with Gasteiger partial charge in [-0.15, -0.1) is 11.3 Å². The second-order valence-electron chi connectivity index (χ2n) is 12.4. The summed E-state index contributed by atoms with van der Waals surface area (Å²) >= 11 is 1.85. The zero-order valence-corrected chi connectivity index (χ0v) is 27.6. The van der Waals surface area contributed by atoms with Gasteiger partial charge in [0.1, 0.15) is 11.2 Å². The van der Waals surface area contributed by atoms with E-state index in [1.807, 2.05) is 72.0 Å². The second kappa shape index (κ2) is 11.6. The predicted molar refractivity (Wildman–Crippen MR) is 207 cm³/mol. The maximum atomic E-state index is 6.81. The third kappa shape index (κ3) is 4.71. The van der Waals surface area contributed by atoms with Crippen LogP contribution in [0.15, 0.2) is 168 Å². The Labute approximate surface area is 292 Å². The zero-order chi connectivity index (χ0) is 33.0.